The van der Waals surface area contributed by atoms with Crippen molar-refractivity contribution >= 4 is 34.8 Å². The van der Waals surface area contributed by atoms with Crippen molar-refractivity contribution in [2.24, 2.45) is 0 Å². The molecule has 0 bridgehead atoms. The Morgan fingerprint density at radius 3 is 2.68 bits per heavy atom. The summed E-state index contributed by atoms with van der Waals surface area (Å²) in [6, 6.07) is 10.7. The Hall–Kier alpha value is -2.40. The molecule has 2 aromatic rings. The zero-order valence-corrected chi connectivity index (χ0v) is 12.2. The first-order chi connectivity index (χ1) is 10.5. The van der Waals surface area contributed by atoms with Crippen LogP contribution in [0.4, 0.5) is 15.8 Å². The first-order valence-electron chi connectivity index (χ1n) is 6.68. The van der Waals surface area contributed by atoms with Crippen molar-refractivity contribution in [3.05, 3.63) is 58.9 Å². The minimum atomic E-state index is -0.653. The minimum absolute atomic E-state index is 0.0258. The summed E-state index contributed by atoms with van der Waals surface area (Å²) in [4.78, 5) is 24.1. The number of carbonyl (C=O) groups is 2. The molecule has 2 aromatic carbocycles. The maximum absolute atomic E-state index is 13.3. The van der Waals surface area contributed by atoms with Crippen molar-refractivity contribution in [3.63, 3.8) is 0 Å². The number of benzene rings is 2. The number of hydrogen-bond donors (Lipinski definition) is 2. The lowest BCUT2D eigenvalue weighted by atomic mass is 9.89. The number of hydrogen-bond acceptors (Lipinski definition) is 2. The Morgan fingerprint density at radius 1 is 1.23 bits per heavy atom. The van der Waals surface area contributed by atoms with E-state index < -0.39 is 11.7 Å². The Kier molecular flexibility index (Phi) is 3.81. The number of amides is 2. The number of fused-ring (bicyclic) bond motifs is 1. The van der Waals surface area contributed by atoms with Crippen molar-refractivity contribution in [2.75, 3.05) is 10.6 Å². The first kappa shape index (κ1) is 14.5. The van der Waals surface area contributed by atoms with Gasteiger partial charge in [-0.1, -0.05) is 17.7 Å². The van der Waals surface area contributed by atoms with E-state index in [2.05, 4.69) is 10.6 Å². The van der Waals surface area contributed by atoms with Gasteiger partial charge < -0.3 is 10.6 Å². The third-order valence-electron chi connectivity index (χ3n) is 3.48. The van der Waals surface area contributed by atoms with Crippen LogP contribution in [0.5, 0.6) is 0 Å². The Bertz CT molecular complexity index is 746. The van der Waals surface area contributed by atoms with Crippen LogP contribution in [0.2, 0.25) is 5.02 Å². The molecule has 0 spiro atoms. The second-order valence-corrected chi connectivity index (χ2v) is 5.47. The van der Waals surface area contributed by atoms with Crippen LogP contribution < -0.4 is 10.6 Å². The quantitative estimate of drug-likeness (QED) is 0.889. The van der Waals surface area contributed by atoms with Gasteiger partial charge in [-0.3, -0.25) is 9.59 Å². The van der Waals surface area contributed by atoms with Gasteiger partial charge in [-0.2, -0.15) is 0 Å². The third-order valence-corrected chi connectivity index (χ3v) is 3.73. The van der Waals surface area contributed by atoms with Crippen molar-refractivity contribution in [3.8, 4) is 0 Å². The van der Waals surface area contributed by atoms with E-state index in [9.17, 15) is 14.0 Å². The minimum Gasteiger partial charge on any atom is -0.326 e. The second kappa shape index (κ2) is 5.77. The first-order valence-corrected chi connectivity index (χ1v) is 7.06. The smallest absolute Gasteiger partial charge is 0.232 e. The van der Waals surface area contributed by atoms with Crippen LogP contribution in [0.1, 0.15) is 17.9 Å². The molecule has 0 fully saturated rings. The average Bonchev–Trinajstić information content (AvgIpc) is 2.48. The summed E-state index contributed by atoms with van der Waals surface area (Å²) in [6.07, 6.45) is 0.0258. The lowest BCUT2D eigenvalue weighted by Crippen LogP contribution is -2.30. The number of nitrogens with one attached hydrogen (secondary N) is 2. The molecule has 1 aliphatic rings. The molecule has 0 unspecified atom stereocenters. The molecular weight excluding hydrogens is 307 g/mol. The van der Waals surface area contributed by atoms with Gasteiger partial charge in [-0.05, 0) is 42.0 Å². The van der Waals surface area contributed by atoms with E-state index in [1.807, 2.05) is 0 Å². The van der Waals surface area contributed by atoms with Gasteiger partial charge in [0.1, 0.15) is 5.82 Å². The van der Waals surface area contributed by atoms with Gasteiger partial charge in [0.2, 0.25) is 11.8 Å². The van der Waals surface area contributed by atoms with Gasteiger partial charge in [-0.25, -0.2) is 4.39 Å². The fraction of sp³-hybridized carbons (Fsp3) is 0.125. The van der Waals surface area contributed by atoms with Crippen LogP contribution >= 0.6 is 11.6 Å². The summed E-state index contributed by atoms with van der Waals surface area (Å²) in [5.74, 6) is -1.74. The van der Waals surface area contributed by atoms with Gasteiger partial charge >= 0.3 is 0 Å². The molecule has 112 valence electrons. The highest BCUT2D eigenvalue weighted by Gasteiger charge is 2.30. The highest BCUT2D eigenvalue weighted by molar-refractivity contribution is 6.30. The Morgan fingerprint density at radius 2 is 1.95 bits per heavy atom. The molecule has 1 aliphatic heterocycles. The number of carbonyl (C=O) groups excluding carboxylic acids is 2. The van der Waals surface area contributed by atoms with Crippen LogP contribution in [-0.4, -0.2) is 11.8 Å². The van der Waals surface area contributed by atoms with E-state index in [0.717, 1.165) is 0 Å². The van der Waals surface area contributed by atoms with Gasteiger partial charge in [-0.15, -0.1) is 0 Å². The lowest BCUT2D eigenvalue weighted by Gasteiger charge is -2.24. The molecule has 0 saturated carbocycles. The third kappa shape index (κ3) is 2.94. The molecule has 1 atom stereocenters. The second-order valence-electron chi connectivity index (χ2n) is 5.03. The van der Waals surface area contributed by atoms with Crippen LogP contribution in [0.3, 0.4) is 0 Å². The summed E-state index contributed by atoms with van der Waals surface area (Å²) in [7, 11) is 0. The molecule has 22 heavy (non-hydrogen) atoms. The van der Waals surface area contributed by atoms with Crippen LogP contribution in [0.15, 0.2) is 42.5 Å². The summed E-state index contributed by atoms with van der Waals surface area (Å²) >= 11 is 5.80. The molecule has 0 saturated heterocycles. The molecule has 6 heteroatoms. The summed E-state index contributed by atoms with van der Waals surface area (Å²) in [5, 5.41) is 5.89. The molecule has 2 N–H and O–H groups in total. The van der Waals surface area contributed by atoms with Crippen molar-refractivity contribution < 1.29 is 14.0 Å². The van der Waals surface area contributed by atoms with Gasteiger partial charge in [0.15, 0.2) is 0 Å². The molecule has 3 rings (SSSR count). The fourth-order valence-electron chi connectivity index (χ4n) is 2.43. The number of halogens is 2. The molecule has 1 heterocycles. The molecular formula is C16H12ClFN2O2. The van der Waals surface area contributed by atoms with Crippen LogP contribution in [0, 0.1) is 5.82 Å². The van der Waals surface area contributed by atoms with E-state index in [0.29, 0.717) is 22.0 Å². The Balaban J connectivity index is 1.86. The topological polar surface area (TPSA) is 58.2 Å². The van der Waals surface area contributed by atoms with Gasteiger partial charge in [0.05, 0.1) is 5.92 Å². The van der Waals surface area contributed by atoms with Crippen molar-refractivity contribution in [2.45, 2.75) is 12.3 Å². The summed E-state index contributed by atoms with van der Waals surface area (Å²) < 4.78 is 13.3. The maximum atomic E-state index is 13.3. The number of anilines is 2. The van der Waals surface area contributed by atoms with Crippen molar-refractivity contribution in [1.29, 1.82) is 0 Å². The summed E-state index contributed by atoms with van der Waals surface area (Å²) in [5.41, 5.74) is 1.53. The fourth-order valence-corrected chi connectivity index (χ4v) is 2.56. The maximum Gasteiger partial charge on any atom is 0.232 e. The normalized spacial score (nSPS) is 16.6. The average molecular weight is 319 g/mol. The highest BCUT2D eigenvalue weighted by Crippen LogP contribution is 2.33. The standard InChI is InChI=1S/C16H12ClFN2O2/c17-9-1-4-11(5-2-9)19-16(22)13-8-15(21)20-14-7-10(18)3-6-12(13)14/h1-7,13H,8H2,(H,19,22)(H,20,21)/t13-/m0/s1. The van der Waals surface area contributed by atoms with E-state index in [4.69, 9.17) is 11.6 Å². The predicted octanol–water partition coefficient (Wildman–Crippen LogP) is 3.54. The SMILES string of the molecule is O=C1C[C@H](C(=O)Nc2ccc(Cl)cc2)c2ccc(F)cc2N1. The summed E-state index contributed by atoms with van der Waals surface area (Å²) in [6.45, 7) is 0. The predicted molar refractivity (Wildman–Crippen MR) is 82.5 cm³/mol. The lowest BCUT2D eigenvalue weighted by molar-refractivity contribution is -0.123. The van der Waals surface area contributed by atoms with Crippen LogP contribution in [0.25, 0.3) is 0 Å². The molecule has 0 radical (unpaired) electrons. The molecule has 0 aliphatic carbocycles. The monoisotopic (exact) mass is 318 g/mol. The Labute approximate surface area is 131 Å². The number of rotatable bonds is 2. The molecule has 4 nitrogen and oxygen atoms in total. The van der Waals surface area contributed by atoms with E-state index in [1.165, 1.54) is 18.2 Å². The van der Waals surface area contributed by atoms with Gasteiger partial charge in [0.25, 0.3) is 0 Å². The van der Waals surface area contributed by atoms with Crippen LogP contribution in [-0.2, 0) is 9.59 Å². The highest BCUT2D eigenvalue weighted by atomic mass is 35.5. The van der Waals surface area contributed by atoms with Gasteiger partial charge in [0, 0.05) is 22.8 Å². The molecule has 0 aromatic heterocycles. The largest absolute Gasteiger partial charge is 0.326 e. The zero-order valence-electron chi connectivity index (χ0n) is 11.4. The molecule has 2 amide bonds. The van der Waals surface area contributed by atoms with E-state index in [1.54, 1.807) is 24.3 Å². The van der Waals surface area contributed by atoms with E-state index >= 15 is 0 Å². The van der Waals surface area contributed by atoms with Crippen molar-refractivity contribution in [1.82, 2.24) is 0 Å². The van der Waals surface area contributed by atoms with E-state index in [-0.39, 0.29) is 18.2 Å². The zero-order chi connectivity index (χ0) is 15.7.